The third-order valence-corrected chi connectivity index (χ3v) is 2.90. The minimum absolute atomic E-state index is 0.191. The molecule has 0 aromatic carbocycles. The average Bonchev–Trinajstić information content (AvgIpc) is 2.15. The zero-order chi connectivity index (χ0) is 12.3. The SMILES string of the molecule is C=C(CC(F)(F)F)N1CCN(C(C)C)CC1. The van der Waals surface area contributed by atoms with E-state index >= 15 is 0 Å². The van der Waals surface area contributed by atoms with Gasteiger partial charge in [0.25, 0.3) is 0 Å². The molecular formula is C11H19F3N2. The van der Waals surface area contributed by atoms with Gasteiger partial charge in [-0.3, -0.25) is 4.90 Å². The third-order valence-electron chi connectivity index (χ3n) is 2.90. The van der Waals surface area contributed by atoms with Gasteiger partial charge >= 0.3 is 6.18 Å². The molecule has 1 fully saturated rings. The third kappa shape index (κ3) is 4.04. The number of hydrogen-bond donors (Lipinski definition) is 0. The Morgan fingerprint density at radius 1 is 1.19 bits per heavy atom. The minimum atomic E-state index is -4.15. The summed E-state index contributed by atoms with van der Waals surface area (Å²) in [5.41, 5.74) is 0.191. The first-order chi connectivity index (χ1) is 7.29. The van der Waals surface area contributed by atoms with Crippen molar-refractivity contribution >= 4 is 0 Å². The van der Waals surface area contributed by atoms with Crippen LogP contribution >= 0.6 is 0 Å². The molecule has 0 unspecified atom stereocenters. The van der Waals surface area contributed by atoms with Crippen molar-refractivity contribution in [3.8, 4) is 0 Å². The lowest BCUT2D eigenvalue weighted by molar-refractivity contribution is -0.131. The fourth-order valence-electron chi connectivity index (χ4n) is 1.90. The summed E-state index contributed by atoms with van der Waals surface area (Å²) in [5, 5.41) is 0. The Morgan fingerprint density at radius 2 is 1.69 bits per heavy atom. The minimum Gasteiger partial charge on any atom is -0.372 e. The Balaban J connectivity index is 2.39. The van der Waals surface area contributed by atoms with Crippen molar-refractivity contribution in [1.29, 1.82) is 0 Å². The van der Waals surface area contributed by atoms with E-state index < -0.39 is 12.6 Å². The lowest BCUT2D eigenvalue weighted by Crippen LogP contribution is -2.48. The number of hydrogen-bond acceptors (Lipinski definition) is 2. The van der Waals surface area contributed by atoms with Crippen molar-refractivity contribution in [2.75, 3.05) is 26.2 Å². The van der Waals surface area contributed by atoms with Crippen molar-refractivity contribution in [3.05, 3.63) is 12.3 Å². The molecular weight excluding hydrogens is 217 g/mol. The van der Waals surface area contributed by atoms with Crippen LogP contribution in [-0.2, 0) is 0 Å². The molecule has 2 nitrogen and oxygen atoms in total. The molecule has 5 heteroatoms. The molecule has 0 spiro atoms. The molecule has 0 radical (unpaired) electrons. The largest absolute Gasteiger partial charge is 0.394 e. The predicted molar refractivity (Wildman–Crippen MR) is 58.1 cm³/mol. The van der Waals surface area contributed by atoms with E-state index in [4.69, 9.17) is 0 Å². The van der Waals surface area contributed by atoms with Crippen LogP contribution < -0.4 is 0 Å². The van der Waals surface area contributed by atoms with Crippen LogP contribution in [0, 0.1) is 0 Å². The maximum atomic E-state index is 12.2. The molecule has 0 bridgehead atoms. The molecule has 0 aromatic rings. The molecule has 1 rings (SSSR count). The Labute approximate surface area is 94.7 Å². The molecule has 94 valence electrons. The maximum absolute atomic E-state index is 12.2. The molecule has 0 saturated carbocycles. The summed E-state index contributed by atoms with van der Waals surface area (Å²) in [6.07, 6.45) is -5.04. The average molecular weight is 236 g/mol. The quantitative estimate of drug-likeness (QED) is 0.742. The Hall–Kier alpha value is -0.710. The van der Waals surface area contributed by atoms with Crippen LogP contribution in [0.25, 0.3) is 0 Å². The first-order valence-electron chi connectivity index (χ1n) is 5.53. The highest BCUT2D eigenvalue weighted by atomic mass is 19.4. The molecule has 0 amide bonds. The van der Waals surface area contributed by atoms with E-state index in [1.54, 1.807) is 4.90 Å². The van der Waals surface area contributed by atoms with Gasteiger partial charge in [0.15, 0.2) is 0 Å². The van der Waals surface area contributed by atoms with Crippen LogP contribution in [-0.4, -0.2) is 48.2 Å². The fourth-order valence-corrected chi connectivity index (χ4v) is 1.90. The van der Waals surface area contributed by atoms with Crippen LogP contribution in [0.3, 0.4) is 0 Å². The second kappa shape index (κ2) is 5.08. The van der Waals surface area contributed by atoms with Gasteiger partial charge in [0.1, 0.15) is 0 Å². The lowest BCUT2D eigenvalue weighted by Gasteiger charge is -2.39. The number of piperazine rings is 1. The van der Waals surface area contributed by atoms with Crippen LogP contribution in [0.1, 0.15) is 20.3 Å². The molecule has 1 aliphatic heterocycles. The molecule has 0 atom stereocenters. The van der Waals surface area contributed by atoms with Gasteiger partial charge in [-0.1, -0.05) is 6.58 Å². The number of halogens is 3. The van der Waals surface area contributed by atoms with Crippen molar-refractivity contribution in [2.24, 2.45) is 0 Å². The van der Waals surface area contributed by atoms with Crippen LogP contribution in [0.5, 0.6) is 0 Å². The Bertz CT molecular complexity index is 240. The summed E-state index contributed by atoms with van der Waals surface area (Å²) in [7, 11) is 0. The Morgan fingerprint density at radius 3 is 2.06 bits per heavy atom. The smallest absolute Gasteiger partial charge is 0.372 e. The van der Waals surface area contributed by atoms with E-state index in [-0.39, 0.29) is 5.70 Å². The molecule has 0 aliphatic carbocycles. The number of alkyl halides is 3. The summed E-state index contributed by atoms with van der Waals surface area (Å²) in [6.45, 7) is 10.6. The molecule has 0 N–H and O–H groups in total. The fraction of sp³-hybridized carbons (Fsp3) is 0.818. The van der Waals surface area contributed by atoms with E-state index in [2.05, 4.69) is 25.3 Å². The number of nitrogens with zero attached hydrogens (tertiary/aromatic N) is 2. The van der Waals surface area contributed by atoms with E-state index in [1.807, 2.05) is 0 Å². The van der Waals surface area contributed by atoms with Crippen LogP contribution in [0.15, 0.2) is 12.3 Å². The summed E-state index contributed by atoms with van der Waals surface area (Å²) in [6, 6.07) is 0.457. The van der Waals surface area contributed by atoms with Crippen molar-refractivity contribution in [2.45, 2.75) is 32.5 Å². The zero-order valence-electron chi connectivity index (χ0n) is 9.85. The van der Waals surface area contributed by atoms with E-state index in [0.717, 1.165) is 13.1 Å². The number of rotatable bonds is 3. The molecule has 1 heterocycles. The van der Waals surface area contributed by atoms with Gasteiger partial charge in [0, 0.05) is 37.9 Å². The highest BCUT2D eigenvalue weighted by molar-refractivity contribution is 4.98. The van der Waals surface area contributed by atoms with Crippen molar-refractivity contribution in [3.63, 3.8) is 0 Å². The predicted octanol–water partition coefficient (Wildman–Crippen LogP) is 2.48. The van der Waals surface area contributed by atoms with Crippen LogP contribution in [0.4, 0.5) is 13.2 Å². The first kappa shape index (κ1) is 13.4. The monoisotopic (exact) mass is 236 g/mol. The van der Waals surface area contributed by atoms with Gasteiger partial charge in [-0.05, 0) is 13.8 Å². The summed E-state index contributed by atoms with van der Waals surface area (Å²) >= 11 is 0. The van der Waals surface area contributed by atoms with Gasteiger partial charge in [0.2, 0.25) is 0 Å². The van der Waals surface area contributed by atoms with Crippen molar-refractivity contribution < 1.29 is 13.2 Å². The van der Waals surface area contributed by atoms with Gasteiger partial charge < -0.3 is 4.90 Å². The van der Waals surface area contributed by atoms with Gasteiger partial charge in [-0.15, -0.1) is 0 Å². The standard InChI is InChI=1S/C11H19F3N2/c1-9(2)15-4-6-16(7-5-15)10(3)8-11(12,13)14/h9H,3-8H2,1-2H3. The Kier molecular flexibility index (Phi) is 4.24. The normalized spacial score (nSPS) is 19.2. The highest BCUT2D eigenvalue weighted by Crippen LogP contribution is 2.26. The summed E-state index contributed by atoms with van der Waals surface area (Å²) in [4.78, 5) is 4.00. The maximum Gasteiger partial charge on any atom is 0.394 e. The first-order valence-corrected chi connectivity index (χ1v) is 5.53. The molecule has 0 aromatic heterocycles. The molecule has 1 aliphatic rings. The van der Waals surface area contributed by atoms with E-state index in [1.165, 1.54) is 0 Å². The topological polar surface area (TPSA) is 6.48 Å². The summed E-state index contributed by atoms with van der Waals surface area (Å²) in [5.74, 6) is 0. The highest BCUT2D eigenvalue weighted by Gasteiger charge is 2.31. The van der Waals surface area contributed by atoms with Gasteiger partial charge in [0.05, 0.1) is 6.42 Å². The van der Waals surface area contributed by atoms with Gasteiger partial charge in [-0.25, -0.2) is 0 Å². The zero-order valence-corrected chi connectivity index (χ0v) is 9.85. The summed E-state index contributed by atoms with van der Waals surface area (Å²) < 4.78 is 36.5. The van der Waals surface area contributed by atoms with E-state index in [9.17, 15) is 13.2 Å². The molecule has 1 saturated heterocycles. The second-order valence-electron chi connectivity index (χ2n) is 4.47. The second-order valence-corrected chi connectivity index (χ2v) is 4.47. The molecule has 16 heavy (non-hydrogen) atoms. The van der Waals surface area contributed by atoms with Crippen LogP contribution in [0.2, 0.25) is 0 Å². The van der Waals surface area contributed by atoms with Gasteiger partial charge in [-0.2, -0.15) is 13.2 Å². The van der Waals surface area contributed by atoms with E-state index in [0.29, 0.717) is 19.1 Å². The van der Waals surface area contributed by atoms with Crippen molar-refractivity contribution in [1.82, 2.24) is 9.80 Å². The lowest BCUT2D eigenvalue weighted by atomic mass is 10.2. The number of allylic oxidation sites excluding steroid dienone is 1.